The number of carbonyl (C=O) groups is 8. The smallest absolute Gasteiger partial charge is 0.451 e. The van der Waals surface area contributed by atoms with E-state index in [2.05, 4.69) is 21.3 Å². The minimum absolute atomic E-state index is 0.0135. The SMILES string of the molecule is Cc1ccccc1C[C@H](NC(=O)[C@H](CCC(=O)O)NC(=O)[C@@H](N)Cc1ccc(O)cc1)C(=O)N(C(=O)CCC(=O)O)[C@H](C(=O)N[C@@H](CC(C)C)C(=O)NCCCB(O)O)C(C)(C)C. The average molecular weight is 883 g/mol. The third-order valence-electron chi connectivity index (χ3n) is 9.97. The summed E-state index contributed by atoms with van der Waals surface area (Å²) in [5.41, 5.74) is 6.65. The van der Waals surface area contributed by atoms with E-state index in [4.69, 9.17) is 5.73 Å². The normalized spacial score (nSPS) is 13.7. The minimum Gasteiger partial charge on any atom is -0.508 e. The van der Waals surface area contributed by atoms with Gasteiger partial charge in [-0.25, -0.2) is 0 Å². The van der Waals surface area contributed by atoms with Gasteiger partial charge in [0.25, 0.3) is 5.91 Å². The van der Waals surface area contributed by atoms with Crippen LogP contribution in [0.2, 0.25) is 6.32 Å². The summed E-state index contributed by atoms with van der Waals surface area (Å²) < 4.78 is 0. The third kappa shape index (κ3) is 18.6. The van der Waals surface area contributed by atoms with Crippen molar-refractivity contribution in [2.45, 2.75) is 129 Å². The molecule has 0 unspecified atom stereocenters. The van der Waals surface area contributed by atoms with Gasteiger partial charge in [0.1, 0.15) is 29.9 Å². The van der Waals surface area contributed by atoms with Crippen LogP contribution in [0, 0.1) is 18.3 Å². The molecule has 0 fully saturated rings. The molecule has 2 rings (SSSR count). The number of hydrogen-bond acceptors (Lipinski definition) is 12. The first-order chi connectivity index (χ1) is 29.4. The highest BCUT2D eigenvalue weighted by molar-refractivity contribution is 6.40. The number of carboxylic acids is 2. The first-order valence-electron chi connectivity index (χ1n) is 20.8. The second-order valence-corrected chi connectivity index (χ2v) is 17.0. The van der Waals surface area contributed by atoms with E-state index in [0.717, 1.165) is 0 Å². The Balaban J connectivity index is 2.67. The minimum atomic E-state index is -1.70. The summed E-state index contributed by atoms with van der Waals surface area (Å²) >= 11 is 0. The molecule has 0 aliphatic rings. The lowest BCUT2D eigenvalue weighted by molar-refractivity contribution is -0.159. The summed E-state index contributed by atoms with van der Waals surface area (Å²) in [6, 6.07) is 5.32. The van der Waals surface area contributed by atoms with Crippen molar-refractivity contribution in [3.8, 4) is 5.75 Å². The van der Waals surface area contributed by atoms with Gasteiger partial charge in [-0.2, -0.15) is 0 Å². The van der Waals surface area contributed by atoms with Crippen LogP contribution in [0.5, 0.6) is 5.75 Å². The van der Waals surface area contributed by atoms with Crippen LogP contribution in [-0.4, -0.2) is 122 Å². The Labute approximate surface area is 367 Å². The average Bonchev–Trinajstić information content (AvgIpc) is 3.18. The number of phenolic OH excluding ortho intramolecular Hbond substituents is 1. The number of aryl methyl sites for hydroxylation is 1. The largest absolute Gasteiger partial charge is 0.508 e. The zero-order valence-electron chi connectivity index (χ0n) is 36.8. The molecule has 0 aliphatic carbocycles. The van der Waals surface area contributed by atoms with Crippen molar-refractivity contribution < 1.29 is 63.7 Å². The van der Waals surface area contributed by atoms with Crippen LogP contribution in [0.3, 0.4) is 0 Å². The zero-order chi connectivity index (χ0) is 47.6. The number of rotatable bonds is 25. The lowest BCUT2D eigenvalue weighted by Crippen LogP contribution is -2.64. The molecule has 20 heteroatoms. The Morgan fingerprint density at radius 3 is 1.89 bits per heavy atom. The predicted molar refractivity (Wildman–Crippen MR) is 231 cm³/mol. The van der Waals surface area contributed by atoms with E-state index in [1.54, 1.807) is 77.9 Å². The van der Waals surface area contributed by atoms with Crippen molar-refractivity contribution in [2.75, 3.05) is 6.54 Å². The van der Waals surface area contributed by atoms with Crippen LogP contribution in [0.4, 0.5) is 0 Å². The molecule has 63 heavy (non-hydrogen) atoms. The Morgan fingerprint density at radius 1 is 0.746 bits per heavy atom. The van der Waals surface area contributed by atoms with Crippen molar-refractivity contribution >= 4 is 54.5 Å². The number of benzene rings is 2. The molecule has 0 heterocycles. The summed E-state index contributed by atoms with van der Waals surface area (Å²) in [6.45, 7) is 10.0. The third-order valence-corrected chi connectivity index (χ3v) is 9.97. The van der Waals surface area contributed by atoms with Gasteiger partial charge in [0, 0.05) is 25.8 Å². The number of imide groups is 1. The van der Waals surface area contributed by atoms with Crippen LogP contribution in [0.15, 0.2) is 48.5 Å². The highest BCUT2D eigenvalue weighted by atomic mass is 16.4. The van der Waals surface area contributed by atoms with E-state index < -0.39 is 116 Å². The van der Waals surface area contributed by atoms with Crippen molar-refractivity contribution in [3.63, 3.8) is 0 Å². The number of nitrogens with zero attached hydrogens (tertiary/aromatic N) is 1. The first kappa shape index (κ1) is 53.3. The summed E-state index contributed by atoms with van der Waals surface area (Å²) in [6.07, 6.45) is -2.51. The molecule has 0 aliphatic heterocycles. The fourth-order valence-corrected chi connectivity index (χ4v) is 6.69. The zero-order valence-corrected chi connectivity index (χ0v) is 36.8. The number of carboxylic acid groups (broad SMARTS) is 2. The Hall–Kier alpha value is -5.86. The van der Waals surface area contributed by atoms with Crippen LogP contribution >= 0.6 is 0 Å². The van der Waals surface area contributed by atoms with E-state index in [0.29, 0.717) is 21.6 Å². The maximum absolute atomic E-state index is 15.1. The Bertz CT molecular complexity index is 1900. The van der Waals surface area contributed by atoms with Gasteiger partial charge >= 0.3 is 19.1 Å². The summed E-state index contributed by atoms with van der Waals surface area (Å²) in [4.78, 5) is 109. The van der Waals surface area contributed by atoms with E-state index in [-0.39, 0.29) is 50.2 Å². The van der Waals surface area contributed by atoms with Crippen molar-refractivity contribution in [3.05, 3.63) is 65.2 Å². The number of nitrogens with one attached hydrogen (secondary N) is 4. The number of aromatic hydroxyl groups is 1. The summed E-state index contributed by atoms with van der Waals surface area (Å²) in [7, 11) is -1.59. The van der Waals surface area contributed by atoms with Gasteiger partial charge in [-0.1, -0.05) is 71.0 Å². The molecule has 19 nitrogen and oxygen atoms in total. The molecular weight excluding hydrogens is 819 g/mol. The molecule has 6 amide bonds. The Morgan fingerprint density at radius 2 is 1.33 bits per heavy atom. The number of carbonyl (C=O) groups excluding carboxylic acids is 6. The molecule has 0 radical (unpaired) electrons. The van der Waals surface area contributed by atoms with E-state index >= 15 is 4.79 Å². The first-order valence-corrected chi connectivity index (χ1v) is 20.8. The van der Waals surface area contributed by atoms with Crippen molar-refractivity contribution in [1.82, 2.24) is 26.2 Å². The molecule has 346 valence electrons. The molecule has 0 bridgehead atoms. The summed E-state index contributed by atoms with van der Waals surface area (Å²) in [5, 5.41) is 57.4. The predicted octanol–water partition coefficient (Wildman–Crippen LogP) is 0.792. The molecule has 2 aromatic rings. The van der Waals surface area contributed by atoms with Gasteiger partial charge in [0.2, 0.25) is 29.5 Å². The maximum atomic E-state index is 15.1. The van der Waals surface area contributed by atoms with E-state index in [1.807, 2.05) is 0 Å². The van der Waals surface area contributed by atoms with E-state index in [1.165, 1.54) is 12.1 Å². The Kier molecular flexibility index (Phi) is 21.4. The second-order valence-electron chi connectivity index (χ2n) is 17.0. The number of hydrogen-bond donors (Lipinski definition) is 10. The number of aliphatic carboxylic acids is 2. The quantitative estimate of drug-likeness (QED) is 0.0487. The van der Waals surface area contributed by atoms with Crippen LogP contribution in [0.1, 0.15) is 89.8 Å². The molecule has 0 saturated heterocycles. The second kappa shape index (κ2) is 25.3. The van der Waals surface area contributed by atoms with Gasteiger partial charge in [0.05, 0.1) is 12.5 Å². The highest BCUT2D eigenvalue weighted by Crippen LogP contribution is 2.28. The van der Waals surface area contributed by atoms with Crippen LogP contribution < -0.4 is 27.0 Å². The molecule has 11 N–H and O–H groups in total. The fourth-order valence-electron chi connectivity index (χ4n) is 6.69. The lowest BCUT2D eigenvalue weighted by atomic mass is 9.83. The topological polar surface area (TPSA) is 315 Å². The molecule has 0 spiro atoms. The standard InChI is InChI=1S/C43H63BN6O13/c1-25(2)22-32(39(58)46-21-9-20-44(62)63)48-41(60)37(43(4,5)6)50(34(52)17-19-36(55)56)42(61)33(24-28-11-8-7-10-26(28)3)49-40(59)31(16-18-35(53)54)47-38(57)30(45)23-27-12-14-29(51)15-13-27/h7-8,10-15,25,30-33,37,51,62-63H,9,16-24,45H2,1-6H3,(H,46,58)(H,47,57)(H,48,60)(H,49,59)(H,53,54)(H,55,56)/t30-,31-,32-,33-,37+/m0/s1. The number of phenols is 1. The van der Waals surface area contributed by atoms with Gasteiger partial charge in [0.15, 0.2) is 0 Å². The van der Waals surface area contributed by atoms with Gasteiger partial charge < -0.3 is 52.4 Å². The van der Waals surface area contributed by atoms with Crippen LogP contribution in [0.25, 0.3) is 0 Å². The van der Waals surface area contributed by atoms with Gasteiger partial charge in [-0.05, 0) is 79.1 Å². The van der Waals surface area contributed by atoms with Crippen molar-refractivity contribution in [2.24, 2.45) is 17.1 Å². The maximum Gasteiger partial charge on any atom is 0.451 e. The van der Waals surface area contributed by atoms with Crippen LogP contribution in [-0.2, 0) is 51.2 Å². The lowest BCUT2D eigenvalue weighted by Gasteiger charge is -2.40. The van der Waals surface area contributed by atoms with E-state index in [9.17, 15) is 58.9 Å². The monoisotopic (exact) mass is 882 g/mol. The molecule has 2 aromatic carbocycles. The molecular formula is C43H63BN6O13. The van der Waals surface area contributed by atoms with Crippen molar-refractivity contribution in [1.29, 1.82) is 0 Å². The fraction of sp³-hybridized carbons (Fsp3) is 0.535. The van der Waals surface area contributed by atoms with Gasteiger partial charge in [-0.15, -0.1) is 0 Å². The molecule has 0 aromatic heterocycles. The molecule has 0 saturated carbocycles. The van der Waals surface area contributed by atoms with Gasteiger partial charge in [-0.3, -0.25) is 43.3 Å². The number of amides is 6. The number of nitrogens with two attached hydrogens (primary N) is 1. The molecule has 5 atom stereocenters. The summed E-state index contributed by atoms with van der Waals surface area (Å²) in [5.74, 6) is -8.46. The highest BCUT2D eigenvalue weighted by Gasteiger charge is 2.46.